The van der Waals surface area contributed by atoms with E-state index in [2.05, 4.69) is 51.2 Å². The van der Waals surface area contributed by atoms with Crippen LogP contribution in [0.3, 0.4) is 0 Å². The Kier molecular flexibility index (Phi) is 5.04. The molecule has 0 bridgehead atoms. The van der Waals surface area contributed by atoms with Crippen LogP contribution in [0.5, 0.6) is 0 Å². The van der Waals surface area contributed by atoms with E-state index in [0.717, 1.165) is 18.4 Å². The largest absolute Gasteiger partial charge is 0.310 e. The second kappa shape index (κ2) is 6.56. The third kappa shape index (κ3) is 3.39. The molecule has 1 heteroatoms. The minimum atomic E-state index is 0.554. The van der Waals surface area contributed by atoms with Gasteiger partial charge in [0, 0.05) is 6.04 Å². The van der Waals surface area contributed by atoms with Crippen molar-refractivity contribution in [1.29, 1.82) is 0 Å². The maximum atomic E-state index is 3.77. The minimum Gasteiger partial charge on any atom is -0.310 e. The summed E-state index contributed by atoms with van der Waals surface area (Å²) < 4.78 is 0. The molecule has 1 nitrogen and oxygen atoms in total. The normalized spacial score (nSPS) is 25.3. The van der Waals surface area contributed by atoms with Crippen molar-refractivity contribution in [2.75, 3.05) is 6.54 Å². The van der Waals surface area contributed by atoms with Crippen LogP contribution in [0.15, 0.2) is 18.2 Å². The maximum Gasteiger partial charge on any atom is 0.0353 e. The second-order valence-corrected chi connectivity index (χ2v) is 6.36. The molecule has 2 rings (SSSR count). The van der Waals surface area contributed by atoms with E-state index in [4.69, 9.17) is 0 Å². The van der Waals surface area contributed by atoms with Crippen molar-refractivity contribution in [2.24, 2.45) is 11.8 Å². The quantitative estimate of drug-likeness (QED) is 0.820. The third-order valence-electron chi connectivity index (χ3n) is 4.81. The lowest BCUT2D eigenvalue weighted by molar-refractivity contribution is 0.232. The zero-order chi connectivity index (χ0) is 13.8. The molecule has 1 aliphatic rings. The highest BCUT2D eigenvalue weighted by atomic mass is 14.9. The third-order valence-corrected chi connectivity index (χ3v) is 4.81. The van der Waals surface area contributed by atoms with Crippen LogP contribution in [0.1, 0.15) is 62.3 Å². The molecule has 1 aromatic rings. The van der Waals surface area contributed by atoms with Crippen LogP contribution < -0.4 is 5.32 Å². The standard InChI is InChI=1S/C18H29N/c1-5-19-18(16-11-9-13(2)10-12-16)17-14(3)7-6-8-15(17)4/h6-8,13,16,18-19H,5,9-12H2,1-4H3. The molecule has 106 valence electrons. The summed E-state index contributed by atoms with van der Waals surface area (Å²) in [6.07, 6.45) is 5.56. The minimum absolute atomic E-state index is 0.554. The Morgan fingerprint density at radius 3 is 2.21 bits per heavy atom. The van der Waals surface area contributed by atoms with Gasteiger partial charge in [0.2, 0.25) is 0 Å². The van der Waals surface area contributed by atoms with Crippen molar-refractivity contribution in [3.63, 3.8) is 0 Å². The molecule has 0 heterocycles. The van der Waals surface area contributed by atoms with Crippen LogP contribution in [0, 0.1) is 25.7 Å². The zero-order valence-electron chi connectivity index (χ0n) is 13.0. The molecule has 1 aliphatic carbocycles. The molecule has 0 aromatic heterocycles. The lowest BCUT2D eigenvalue weighted by Crippen LogP contribution is -2.31. The average molecular weight is 259 g/mol. The van der Waals surface area contributed by atoms with E-state index in [-0.39, 0.29) is 0 Å². The number of hydrogen-bond acceptors (Lipinski definition) is 1. The van der Waals surface area contributed by atoms with E-state index in [1.807, 2.05) is 0 Å². The van der Waals surface area contributed by atoms with Crippen LogP contribution in [-0.2, 0) is 0 Å². The van der Waals surface area contributed by atoms with Gasteiger partial charge in [0.1, 0.15) is 0 Å². The fraction of sp³-hybridized carbons (Fsp3) is 0.667. The average Bonchev–Trinajstić information content (AvgIpc) is 2.38. The van der Waals surface area contributed by atoms with E-state index < -0.39 is 0 Å². The molecule has 1 aromatic carbocycles. The molecule has 0 saturated heterocycles. The fourth-order valence-electron chi connectivity index (χ4n) is 3.66. The van der Waals surface area contributed by atoms with Gasteiger partial charge >= 0.3 is 0 Å². The van der Waals surface area contributed by atoms with Crippen molar-refractivity contribution in [3.05, 3.63) is 34.9 Å². The van der Waals surface area contributed by atoms with Gasteiger partial charge < -0.3 is 5.32 Å². The van der Waals surface area contributed by atoms with Gasteiger partial charge in [0.25, 0.3) is 0 Å². The number of nitrogens with one attached hydrogen (secondary N) is 1. The number of benzene rings is 1. The second-order valence-electron chi connectivity index (χ2n) is 6.36. The van der Waals surface area contributed by atoms with Gasteiger partial charge in [0.05, 0.1) is 0 Å². The first-order chi connectivity index (χ1) is 9.13. The van der Waals surface area contributed by atoms with Crippen LogP contribution >= 0.6 is 0 Å². The van der Waals surface area contributed by atoms with Gasteiger partial charge in [-0.2, -0.15) is 0 Å². The zero-order valence-corrected chi connectivity index (χ0v) is 13.0. The van der Waals surface area contributed by atoms with Crippen molar-refractivity contribution >= 4 is 0 Å². The van der Waals surface area contributed by atoms with Crippen LogP contribution in [0.4, 0.5) is 0 Å². The van der Waals surface area contributed by atoms with Gasteiger partial charge in [-0.05, 0) is 61.8 Å². The Labute approximate surface area is 118 Å². The summed E-state index contributed by atoms with van der Waals surface area (Å²) in [6.45, 7) is 10.2. The summed E-state index contributed by atoms with van der Waals surface area (Å²) in [7, 11) is 0. The molecule has 1 N–H and O–H groups in total. The van der Waals surface area contributed by atoms with Gasteiger partial charge in [-0.1, -0.05) is 44.9 Å². The first-order valence-corrected chi connectivity index (χ1v) is 7.93. The maximum absolute atomic E-state index is 3.77. The van der Waals surface area contributed by atoms with Gasteiger partial charge in [-0.15, -0.1) is 0 Å². The lowest BCUT2D eigenvalue weighted by atomic mass is 9.76. The molecule has 0 amide bonds. The molecule has 1 fully saturated rings. The Morgan fingerprint density at radius 2 is 1.68 bits per heavy atom. The molecule has 1 atom stereocenters. The number of hydrogen-bond donors (Lipinski definition) is 1. The van der Waals surface area contributed by atoms with Crippen molar-refractivity contribution in [1.82, 2.24) is 5.32 Å². The topological polar surface area (TPSA) is 12.0 Å². The molecule has 19 heavy (non-hydrogen) atoms. The van der Waals surface area contributed by atoms with Crippen LogP contribution in [-0.4, -0.2) is 6.54 Å². The fourth-order valence-corrected chi connectivity index (χ4v) is 3.66. The molecule has 0 aliphatic heterocycles. The van der Waals surface area contributed by atoms with Crippen molar-refractivity contribution < 1.29 is 0 Å². The molecule has 1 saturated carbocycles. The van der Waals surface area contributed by atoms with E-state index >= 15 is 0 Å². The van der Waals surface area contributed by atoms with E-state index in [1.165, 1.54) is 36.8 Å². The van der Waals surface area contributed by atoms with E-state index in [0.29, 0.717) is 6.04 Å². The first-order valence-electron chi connectivity index (χ1n) is 7.93. The van der Waals surface area contributed by atoms with E-state index in [1.54, 1.807) is 5.56 Å². The molecule has 0 spiro atoms. The van der Waals surface area contributed by atoms with Gasteiger partial charge in [-0.3, -0.25) is 0 Å². The summed E-state index contributed by atoms with van der Waals surface area (Å²) in [6, 6.07) is 7.26. The molecular weight excluding hydrogens is 230 g/mol. The SMILES string of the molecule is CCNC(c1c(C)cccc1C)C1CCC(C)CC1. The van der Waals surface area contributed by atoms with Crippen molar-refractivity contribution in [2.45, 2.75) is 59.4 Å². The summed E-state index contributed by atoms with van der Waals surface area (Å²) in [5.41, 5.74) is 4.46. The lowest BCUT2D eigenvalue weighted by Gasteiger charge is -2.35. The Balaban J connectivity index is 2.24. The number of rotatable bonds is 4. The Hall–Kier alpha value is -0.820. The van der Waals surface area contributed by atoms with E-state index in [9.17, 15) is 0 Å². The predicted octanol–water partition coefficient (Wildman–Crippen LogP) is 4.78. The molecular formula is C18H29N. The highest BCUT2D eigenvalue weighted by Gasteiger charge is 2.28. The monoisotopic (exact) mass is 259 g/mol. The summed E-state index contributed by atoms with van der Waals surface area (Å²) in [5, 5.41) is 3.77. The van der Waals surface area contributed by atoms with Crippen molar-refractivity contribution in [3.8, 4) is 0 Å². The summed E-state index contributed by atoms with van der Waals surface area (Å²) in [4.78, 5) is 0. The van der Waals surface area contributed by atoms with Crippen LogP contribution in [0.2, 0.25) is 0 Å². The van der Waals surface area contributed by atoms with Crippen LogP contribution in [0.25, 0.3) is 0 Å². The Bertz CT molecular complexity index is 382. The Morgan fingerprint density at radius 1 is 1.11 bits per heavy atom. The smallest absolute Gasteiger partial charge is 0.0353 e. The highest BCUT2D eigenvalue weighted by Crippen LogP contribution is 2.38. The van der Waals surface area contributed by atoms with Gasteiger partial charge in [-0.25, -0.2) is 0 Å². The number of aryl methyl sites for hydroxylation is 2. The summed E-state index contributed by atoms with van der Waals surface area (Å²) in [5.74, 6) is 1.74. The van der Waals surface area contributed by atoms with Gasteiger partial charge in [0.15, 0.2) is 0 Å². The predicted molar refractivity (Wildman–Crippen MR) is 83.5 cm³/mol. The molecule has 1 unspecified atom stereocenters. The molecule has 0 radical (unpaired) electrons. The first kappa shape index (κ1) is 14.6. The summed E-state index contributed by atoms with van der Waals surface area (Å²) >= 11 is 0. The highest BCUT2D eigenvalue weighted by molar-refractivity contribution is 5.36.